The lowest BCUT2D eigenvalue weighted by molar-refractivity contribution is -0.384. The van der Waals surface area contributed by atoms with Gasteiger partial charge in [-0.3, -0.25) is 14.9 Å². The molecule has 0 saturated carbocycles. The van der Waals surface area contributed by atoms with Crippen molar-refractivity contribution in [3.8, 4) is 5.75 Å². The van der Waals surface area contributed by atoms with E-state index in [2.05, 4.69) is 5.32 Å². The number of carbonyl (C=O) groups is 1. The molecule has 0 aromatic heterocycles. The molecule has 1 aromatic carbocycles. The van der Waals surface area contributed by atoms with Gasteiger partial charge < -0.3 is 15.8 Å². The van der Waals surface area contributed by atoms with E-state index in [0.29, 0.717) is 13.0 Å². The molecule has 0 aliphatic rings. The molecule has 0 heterocycles. The summed E-state index contributed by atoms with van der Waals surface area (Å²) >= 11 is 11.8. The van der Waals surface area contributed by atoms with Gasteiger partial charge in [0, 0.05) is 18.6 Å². The summed E-state index contributed by atoms with van der Waals surface area (Å²) in [6, 6.07) is 1.78. The van der Waals surface area contributed by atoms with Gasteiger partial charge in [0.2, 0.25) is 5.91 Å². The summed E-state index contributed by atoms with van der Waals surface area (Å²) in [5, 5.41) is 13.6. The minimum atomic E-state index is -0.601. The van der Waals surface area contributed by atoms with E-state index in [1.807, 2.05) is 6.92 Å². The van der Waals surface area contributed by atoms with Crippen LogP contribution >= 0.6 is 23.2 Å². The summed E-state index contributed by atoms with van der Waals surface area (Å²) in [6.45, 7) is 2.57. The SMILES string of the molecule is CCNC(CCOc1c(Cl)cc([N+](=O)[O-])cc1Cl)C(N)=O. The standard InChI is InChI=1S/C12H15Cl2N3O4/c1-2-16-10(12(15)18)3-4-21-11-8(13)5-7(17(19)20)6-9(11)14/h5-6,10,16H,2-4H2,1H3,(H2,15,18). The van der Waals surface area contributed by atoms with Crippen molar-refractivity contribution in [3.63, 3.8) is 0 Å². The fourth-order valence-corrected chi connectivity index (χ4v) is 2.24. The van der Waals surface area contributed by atoms with Crippen molar-refractivity contribution in [3.05, 3.63) is 32.3 Å². The van der Waals surface area contributed by atoms with E-state index in [4.69, 9.17) is 33.7 Å². The lowest BCUT2D eigenvalue weighted by Gasteiger charge is -2.15. The molecule has 1 amide bonds. The first-order chi connectivity index (χ1) is 9.86. The third-order valence-corrected chi connectivity index (χ3v) is 3.20. The van der Waals surface area contributed by atoms with Gasteiger partial charge in [-0.1, -0.05) is 30.1 Å². The second kappa shape index (κ2) is 8.02. The van der Waals surface area contributed by atoms with Crippen LogP contribution in [0.1, 0.15) is 13.3 Å². The summed E-state index contributed by atoms with van der Waals surface area (Å²) in [7, 11) is 0. The Morgan fingerprint density at radius 3 is 2.48 bits per heavy atom. The number of nitro groups is 1. The lowest BCUT2D eigenvalue weighted by atomic mass is 10.2. The van der Waals surface area contributed by atoms with Crippen LogP contribution < -0.4 is 15.8 Å². The van der Waals surface area contributed by atoms with Gasteiger partial charge in [0.05, 0.1) is 27.6 Å². The van der Waals surface area contributed by atoms with Crippen LogP contribution in [0.3, 0.4) is 0 Å². The zero-order valence-corrected chi connectivity index (χ0v) is 12.8. The molecule has 1 aromatic rings. The molecular formula is C12H15Cl2N3O4. The van der Waals surface area contributed by atoms with Gasteiger partial charge in [0.25, 0.3) is 5.69 Å². The average Bonchev–Trinajstić information content (AvgIpc) is 2.39. The molecule has 0 bridgehead atoms. The highest BCUT2D eigenvalue weighted by Gasteiger charge is 2.17. The van der Waals surface area contributed by atoms with Gasteiger partial charge in [-0.05, 0) is 6.54 Å². The number of nitrogens with two attached hydrogens (primary N) is 1. The second-order valence-electron chi connectivity index (χ2n) is 4.15. The van der Waals surface area contributed by atoms with Crippen LogP contribution in [0, 0.1) is 10.1 Å². The Balaban J connectivity index is 2.71. The summed E-state index contributed by atoms with van der Waals surface area (Å²) in [6.07, 6.45) is 0.326. The number of primary amides is 1. The smallest absolute Gasteiger partial charge is 0.272 e. The fourth-order valence-electron chi connectivity index (χ4n) is 1.66. The molecule has 1 rings (SSSR count). The van der Waals surface area contributed by atoms with Gasteiger partial charge in [0.15, 0.2) is 5.75 Å². The molecule has 0 spiro atoms. The zero-order valence-electron chi connectivity index (χ0n) is 11.3. The van der Waals surface area contributed by atoms with E-state index >= 15 is 0 Å². The predicted octanol–water partition coefficient (Wildman–Crippen LogP) is 2.13. The third kappa shape index (κ3) is 5.04. The number of non-ortho nitro benzene ring substituents is 1. The van der Waals surface area contributed by atoms with Crippen LogP contribution in [0.4, 0.5) is 5.69 Å². The summed E-state index contributed by atoms with van der Waals surface area (Å²) in [4.78, 5) is 21.2. The number of nitrogens with one attached hydrogen (secondary N) is 1. The molecular weight excluding hydrogens is 321 g/mol. The van der Waals surface area contributed by atoms with Gasteiger partial charge in [-0.15, -0.1) is 0 Å². The van der Waals surface area contributed by atoms with Crippen molar-refractivity contribution in [2.45, 2.75) is 19.4 Å². The first-order valence-corrected chi connectivity index (χ1v) is 6.91. The van der Waals surface area contributed by atoms with Crippen LogP contribution in [-0.4, -0.2) is 30.0 Å². The quantitative estimate of drug-likeness (QED) is 0.558. The van der Waals surface area contributed by atoms with Gasteiger partial charge in [0.1, 0.15) is 0 Å². The molecule has 0 aliphatic carbocycles. The van der Waals surface area contributed by atoms with Crippen LogP contribution in [0.25, 0.3) is 0 Å². The highest BCUT2D eigenvalue weighted by Crippen LogP contribution is 2.36. The maximum atomic E-state index is 11.2. The number of rotatable bonds is 8. The number of ether oxygens (including phenoxy) is 1. The normalized spacial score (nSPS) is 12.0. The monoisotopic (exact) mass is 335 g/mol. The Hall–Kier alpha value is -1.57. The summed E-state index contributed by atoms with van der Waals surface area (Å²) < 4.78 is 5.40. The molecule has 1 atom stereocenters. The summed E-state index contributed by atoms with van der Waals surface area (Å²) in [5.41, 5.74) is 5.01. The molecule has 21 heavy (non-hydrogen) atoms. The first kappa shape index (κ1) is 17.5. The summed E-state index contributed by atoms with van der Waals surface area (Å²) in [5.74, 6) is -0.343. The Bertz CT molecular complexity index is 516. The van der Waals surface area contributed by atoms with Crippen LogP contribution in [0.2, 0.25) is 10.0 Å². The molecule has 0 fully saturated rings. The number of amides is 1. The van der Waals surface area contributed by atoms with Crippen molar-refractivity contribution < 1.29 is 14.5 Å². The van der Waals surface area contributed by atoms with E-state index < -0.39 is 16.9 Å². The first-order valence-electron chi connectivity index (χ1n) is 6.15. The predicted molar refractivity (Wildman–Crippen MR) is 79.9 cm³/mol. The van der Waals surface area contributed by atoms with Gasteiger partial charge in [-0.25, -0.2) is 0 Å². The molecule has 1 unspecified atom stereocenters. The molecule has 0 saturated heterocycles. The highest BCUT2D eigenvalue weighted by molar-refractivity contribution is 6.37. The Morgan fingerprint density at radius 2 is 2.05 bits per heavy atom. The number of nitrogens with zero attached hydrogens (tertiary/aromatic N) is 1. The number of nitro benzene ring substituents is 1. The molecule has 116 valence electrons. The third-order valence-electron chi connectivity index (χ3n) is 2.64. The van der Waals surface area contributed by atoms with Gasteiger partial charge >= 0.3 is 0 Å². The van der Waals surface area contributed by atoms with Crippen LogP contribution in [0.5, 0.6) is 5.75 Å². The molecule has 9 heteroatoms. The number of hydrogen-bond donors (Lipinski definition) is 2. The van der Waals surface area contributed by atoms with Gasteiger partial charge in [-0.2, -0.15) is 0 Å². The minimum absolute atomic E-state index is 0.0354. The lowest BCUT2D eigenvalue weighted by Crippen LogP contribution is -2.42. The number of benzene rings is 1. The van der Waals surface area contributed by atoms with Crippen molar-refractivity contribution in [1.82, 2.24) is 5.32 Å². The number of hydrogen-bond acceptors (Lipinski definition) is 5. The Kier molecular flexibility index (Phi) is 6.67. The number of halogens is 2. The van der Waals surface area contributed by atoms with Crippen molar-refractivity contribution in [2.75, 3.05) is 13.2 Å². The van der Waals surface area contributed by atoms with E-state index in [-0.39, 0.29) is 28.1 Å². The molecule has 0 aliphatic heterocycles. The maximum absolute atomic E-state index is 11.2. The molecule has 7 nitrogen and oxygen atoms in total. The Labute approximate surface area is 131 Å². The largest absolute Gasteiger partial charge is 0.490 e. The van der Waals surface area contributed by atoms with E-state index in [9.17, 15) is 14.9 Å². The van der Waals surface area contributed by atoms with E-state index in [1.165, 1.54) is 0 Å². The minimum Gasteiger partial charge on any atom is -0.490 e. The number of likely N-dealkylation sites (N-methyl/N-ethyl adjacent to an activating group) is 1. The fraction of sp³-hybridized carbons (Fsp3) is 0.417. The Morgan fingerprint density at radius 1 is 1.48 bits per heavy atom. The maximum Gasteiger partial charge on any atom is 0.272 e. The highest BCUT2D eigenvalue weighted by atomic mass is 35.5. The van der Waals surface area contributed by atoms with Crippen LogP contribution in [0.15, 0.2) is 12.1 Å². The van der Waals surface area contributed by atoms with Crippen LogP contribution in [-0.2, 0) is 4.79 Å². The topological polar surface area (TPSA) is 107 Å². The van der Waals surface area contributed by atoms with Crippen molar-refractivity contribution in [1.29, 1.82) is 0 Å². The average molecular weight is 336 g/mol. The van der Waals surface area contributed by atoms with Crippen molar-refractivity contribution >= 4 is 34.8 Å². The molecule has 3 N–H and O–H groups in total. The number of carbonyl (C=O) groups excluding carboxylic acids is 1. The molecule has 0 radical (unpaired) electrons. The zero-order chi connectivity index (χ0) is 16.0. The second-order valence-corrected chi connectivity index (χ2v) is 4.96. The van der Waals surface area contributed by atoms with E-state index in [1.54, 1.807) is 0 Å². The van der Waals surface area contributed by atoms with Crippen molar-refractivity contribution in [2.24, 2.45) is 5.73 Å². The van der Waals surface area contributed by atoms with E-state index in [0.717, 1.165) is 12.1 Å².